The second kappa shape index (κ2) is 6.08. The summed E-state index contributed by atoms with van der Waals surface area (Å²) < 4.78 is 4.99. The van der Waals surface area contributed by atoms with Gasteiger partial charge in [0.1, 0.15) is 6.04 Å². The van der Waals surface area contributed by atoms with E-state index in [1.165, 1.54) is 0 Å². The highest BCUT2D eigenvalue weighted by molar-refractivity contribution is 5.73. The zero-order valence-electron chi connectivity index (χ0n) is 9.61. The molecule has 0 aromatic heterocycles. The maximum Gasteiger partial charge on any atom is 0.320 e. The second-order valence-corrected chi connectivity index (χ2v) is 4.18. The lowest BCUT2D eigenvalue weighted by Gasteiger charge is -2.36. The van der Waals surface area contributed by atoms with Crippen LogP contribution in [0.5, 0.6) is 0 Å². The van der Waals surface area contributed by atoms with Gasteiger partial charge in [-0.1, -0.05) is 13.3 Å². The minimum absolute atomic E-state index is 0.307. The number of carbonyl (C=O) groups is 1. The van der Waals surface area contributed by atoms with Crippen molar-refractivity contribution in [1.82, 2.24) is 4.90 Å². The molecule has 1 aliphatic heterocycles. The van der Waals surface area contributed by atoms with Crippen molar-refractivity contribution < 1.29 is 14.6 Å². The summed E-state index contributed by atoms with van der Waals surface area (Å²) in [6.45, 7) is 4.36. The molecule has 0 aromatic rings. The summed E-state index contributed by atoms with van der Waals surface area (Å²) in [6.07, 6.45) is 2.99. The molecule has 1 rings (SSSR count). The predicted octanol–water partition coefficient (Wildman–Crippen LogP) is 1.21. The van der Waals surface area contributed by atoms with E-state index in [-0.39, 0.29) is 6.04 Å². The molecule has 1 N–H and O–H groups in total. The van der Waals surface area contributed by atoms with Gasteiger partial charge in [0.05, 0.1) is 6.61 Å². The number of aliphatic carboxylic acids is 1. The lowest BCUT2D eigenvalue weighted by Crippen LogP contribution is -2.48. The van der Waals surface area contributed by atoms with Crippen molar-refractivity contribution in [3.05, 3.63) is 0 Å². The first-order valence-electron chi connectivity index (χ1n) is 5.64. The van der Waals surface area contributed by atoms with Crippen molar-refractivity contribution in [2.75, 3.05) is 26.8 Å². The summed E-state index contributed by atoms with van der Waals surface area (Å²) in [4.78, 5) is 13.1. The van der Waals surface area contributed by atoms with E-state index >= 15 is 0 Å². The lowest BCUT2D eigenvalue weighted by molar-refractivity contribution is -0.145. The van der Waals surface area contributed by atoms with Crippen molar-refractivity contribution >= 4 is 5.97 Å². The van der Waals surface area contributed by atoms with Gasteiger partial charge in [0.25, 0.3) is 0 Å². The summed E-state index contributed by atoms with van der Waals surface area (Å²) in [5.74, 6) is -0.117. The summed E-state index contributed by atoms with van der Waals surface area (Å²) in [7, 11) is 1.65. The molecule has 1 fully saturated rings. The number of methoxy groups -OCH3 is 1. The van der Waals surface area contributed by atoms with Crippen molar-refractivity contribution in [3.63, 3.8) is 0 Å². The van der Waals surface area contributed by atoms with Gasteiger partial charge in [-0.25, -0.2) is 0 Å². The lowest BCUT2D eigenvalue weighted by atomic mass is 9.89. The fraction of sp³-hybridized carbons (Fsp3) is 0.909. The third-order valence-corrected chi connectivity index (χ3v) is 3.27. The van der Waals surface area contributed by atoms with Crippen molar-refractivity contribution in [3.8, 4) is 0 Å². The van der Waals surface area contributed by atoms with Crippen LogP contribution in [0.2, 0.25) is 0 Å². The fourth-order valence-corrected chi connectivity index (χ4v) is 2.19. The van der Waals surface area contributed by atoms with Crippen LogP contribution >= 0.6 is 0 Å². The van der Waals surface area contributed by atoms with Crippen LogP contribution in [0.4, 0.5) is 0 Å². The van der Waals surface area contributed by atoms with E-state index in [0.29, 0.717) is 12.5 Å². The third-order valence-electron chi connectivity index (χ3n) is 3.27. The zero-order chi connectivity index (χ0) is 11.3. The van der Waals surface area contributed by atoms with Gasteiger partial charge in [0.15, 0.2) is 0 Å². The molecule has 1 saturated heterocycles. The number of rotatable bonds is 5. The van der Waals surface area contributed by atoms with Gasteiger partial charge < -0.3 is 9.84 Å². The number of carboxylic acid groups (broad SMARTS) is 1. The van der Waals surface area contributed by atoms with E-state index in [1.54, 1.807) is 7.11 Å². The Morgan fingerprint density at radius 3 is 2.87 bits per heavy atom. The molecule has 1 aliphatic rings. The van der Waals surface area contributed by atoms with Crippen molar-refractivity contribution in [2.24, 2.45) is 5.92 Å². The fourth-order valence-electron chi connectivity index (χ4n) is 2.19. The Bertz CT molecular complexity index is 208. The highest BCUT2D eigenvalue weighted by Gasteiger charge is 2.32. The Morgan fingerprint density at radius 2 is 2.33 bits per heavy atom. The maximum absolute atomic E-state index is 11.1. The van der Waals surface area contributed by atoms with E-state index in [1.807, 2.05) is 4.90 Å². The summed E-state index contributed by atoms with van der Waals surface area (Å²) in [5.41, 5.74) is 0. The Labute approximate surface area is 91.2 Å². The molecular weight excluding hydrogens is 194 g/mol. The molecule has 2 unspecified atom stereocenters. The molecule has 88 valence electrons. The summed E-state index contributed by atoms with van der Waals surface area (Å²) in [6, 6.07) is -0.307. The molecule has 0 bridgehead atoms. The number of piperidine rings is 1. The van der Waals surface area contributed by atoms with Crippen LogP contribution in [0.25, 0.3) is 0 Å². The van der Waals surface area contributed by atoms with E-state index < -0.39 is 5.97 Å². The molecule has 1 heterocycles. The Kier molecular flexibility index (Phi) is 5.05. The van der Waals surface area contributed by atoms with Gasteiger partial charge in [-0.2, -0.15) is 0 Å². The van der Waals surface area contributed by atoms with E-state index in [4.69, 9.17) is 9.84 Å². The zero-order valence-corrected chi connectivity index (χ0v) is 9.61. The average molecular weight is 215 g/mol. The van der Waals surface area contributed by atoms with Crippen LogP contribution in [-0.2, 0) is 9.53 Å². The van der Waals surface area contributed by atoms with Crippen LogP contribution in [0.15, 0.2) is 0 Å². The maximum atomic E-state index is 11.1. The first-order valence-corrected chi connectivity index (χ1v) is 5.64. The SMILES string of the molecule is CCC1CCN(CCOC)C(C(=O)O)C1. The predicted molar refractivity (Wildman–Crippen MR) is 57.9 cm³/mol. The van der Waals surface area contributed by atoms with Gasteiger partial charge in [0, 0.05) is 13.7 Å². The van der Waals surface area contributed by atoms with Gasteiger partial charge in [-0.05, 0) is 25.3 Å². The Balaban J connectivity index is 2.51. The molecule has 4 heteroatoms. The minimum Gasteiger partial charge on any atom is -0.480 e. The molecule has 0 aromatic carbocycles. The van der Waals surface area contributed by atoms with Crippen molar-refractivity contribution in [2.45, 2.75) is 32.2 Å². The highest BCUT2D eigenvalue weighted by atomic mass is 16.5. The quantitative estimate of drug-likeness (QED) is 0.749. The largest absolute Gasteiger partial charge is 0.480 e. The molecule has 0 aliphatic carbocycles. The van der Waals surface area contributed by atoms with Crippen LogP contribution in [-0.4, -0.2) is 48.8 Å². The number of carboxylic acids is 1. The summed E-state index contributed by atoms with van der Waals surface area (Å²) >= 11 is 0. The Hall–Kier alpha value is -0.610. The van der Waals surface area contributed by atoms with E-state index in [2.05, 4.69) is 6.92 Å². The molecule has 0 amide bonds. The van der Waals surface area contributed by atoms with Crippen LogP contribution < -0.4 is 0 Å². The third kappa shape index (κ3) is 3.47. The first-order chi connectivity index (χ1) is 7.19. The van der Waals surface area contributed by atoms with E-state index in [0.717, 1.165) is 32.4 Å². The first kappa shape index (κ1) is 12.5. The Morgan fingerprint density at radius 1 is 1.60 bits per heavy atom. The van der Waals surface area contributed by atoms with Gasteiger partial charge in [-0.15, -0.1) is 0 Å². The monoisotopic (exact) mass is 215 g/mol. The number of ether oxygens (including phenoxy) is 1. The molecule has 4 nitrogen and oxygen atoms in total. The molecule has 0 radical (unpaired) electrons. The number of likely N-dealkylation sites (tertiary alicyclic amines) is 1. The molecule has 0 saturated carbocycles. The number of hydrogen-bond donors (Lipinski definition) is 1. The van der Waals surface area contributed by atoms with Gasteiger partial charge in [0.2, 0.25) is 0 Å². The second-order valence-electron chi connectivity index (χ2n) is 4.18. The highest BCUT2D eigenvalue weighted by Crippen LogP contribution is 2.25. The van der Waals surface area contributed by atoms with Crippen LogP contribution in [0, 0.1) is 5.92 Å². The van der Waals surface area contributed by atoms with Crippen LogP contribution in [0.1, 0.15) is 26.2 Å². The standard InChI is InChI=1S/C11H21NO3/c1-3-9-4-5-12(6-7-15-2)10(8-9)11(13)14/h9-10H,3-8H2,1-2H3,(H,13,14). The van der Waals surface area contributed by atoms with Gasteiger partial charge in [-0.3, -0.25) is 9.69 Å². The number of hydrogen-bond acceptors (Lipinski definition) is 3. The smallest absolute Gasteiger partial charge is 0.320 e. The van der Waals surface area contributed by atoms with E-state index in [9.17, 15) is 4.79 Å². The van der Waals surface area contributed by atoms with Crippen LogP contribution in [0.3, 0.4) is 0 Å². The molecule has 15 heavy (non-hydrogen) atoms. The summed E-state index contributed by atoms with van der Waals surface area (Å²) in [5, 5.41) is 9.14. The molecule has 2 atom stereocenters. The normalized spacial score (nSPS) is 27.9. The minimum atomic E-state index is -0.691. The van der Waals surface area contributed by atoms with Gasteiger partial charge >= 0.3 is 5.97 Å². The molecule has 0 spiro atoms. The molecular formula is C11H21NO3. The topological polar surface area (TPSA) is 49.8 Å². The van der Waals surface area contributed by atoms with Crippen molar-refractivity contribution in [1.29, 1.82) is 0 Å². The number of nitrogens with zero attached hydrogens (tertiary/aromatic N) is 1. The average Bonchev–Trinajstić information content (AvgIpc) is 2.26.